The number of hydrogen-bond acceptors (Lipinski definition) is 4. The van der Waals surface area contributed by atoms with E-state index in [9.17, 15) is 8.42 Å². The van der Waals surface area contributed by atoms with Gasteiger partial charge in [0.25, 0.3) is 0 Å². The van der Waals surface area contributed by atoms with E-state index in [0.29, 0.717) is 32.2 Å². The molecule has 0 aliphatic carbocycles. The summed E-state index contributed by atoms with van der Waals surface area (Å²) in [6.45, 7) is 6.54. The molecule has 0 heterocycles. The van der Waals surface area contributed by atoms with Gasteiger partial charge in [0.1, 0.15) is 0 Å². The maximum atomic E-state index is 11.2. The average Bonchev–Trinajstić information content (AvgIpc) is 2.39. The third-order valence-corrected chi connectivity index (χ3v) is 3.64. The smallest absolute Gasteiger partial charge is 0.211 e. The van der Waals surface area contributed by atoms with Crippen LogP contribution < -0.4 is 15.4 Å². The molecule has 0 spiro atoms. The first-order chi connectivity index (χ1) is 9.05. The zero-order valence-electron chi connectivity index (χ0n) is 12.0. The number of guanidine groups is 1. The van der Waals surface area contributed by atoms with E-state index in [1.807, 2.05) is 6.92 Å². The number of nitrogens with one attached hydrogen (secondary N) is 3. The molecule has 3 N–H and O–H groups in total. The summed E-state index contributed by atoms with van der Waals surface area (Å²) in [7, 11) is -1.46. The molecule has 0 unspecified atom stereocenters. The molecule has 8 heteroatoms. The second kappa shape index (κ2) is 11.0. The van der Waals surface area contributed by atoms with Crippen LogP contribution in [0.25, 0.3) is 0 Å². The van der Waals surface area contributed by atoms with Crippen LogP contribution in [0.4, 0.5) is 0 Å². The predicted molar refractivity (Wildman–Crippen MR) is 77.9 cm³/mol. The van der Waals surface area contributed by atoms with E-state index in [4.69, 9.17) is 4.74 Å². The van der Waals surface area contributed by atoms with E-state index in [1.54, 1.807) is 14.0 Å². The van der Waals surface area contributed by atoms with E-state index in [0.717, 1.165) is 13.0 Å². The highest BCUT2D eigenvalue weighted by atomic mass is 32.2. The van der Waals surface area contributed by atoms with Crippen LogP contribution in [0.15, 0.2) is 4.99 Å². The van der Waals surface area contributed by atoms with Crippen LogP contribution in [0, 0.1) is 0 Å². The molecule has 0 amide bonds. The van der Waals surface area contributed by atoms with Crippen molar-refractivity contribution in [3.05, 3.63) is 0 Å². The Hall–Kier alpha value is -0.860. The fraction of sp³-hybridized carbons (Fsp3) is 0.909. The van der Waals surface area contributed by atoms with Crippen LogP contribution in [0.3, 0.4) is 0 Å². The molecule has 0 fully saturated rings. The molecule has 0 bridgehead atoms. The van der Waals surface area contributed by atoms with Gasteiger partial charge in [-0.05, 0) is 20.3 Å². The fourth-order valence-electron chi connectivity index (χ4n) is 1.23. The van der Waals surface area contributed by atoms with Gasteiger partial charge < -0.3 is 15.4 Å². The highest BCUT2D eigenvalue weighted by molar-refractivity contribution is 7.89. The van der Waals surface area contributed by atoms with Crippen molar-refractivity contribution in [1.82, 2.24) is 15.4 Å². The molecule has 7 nitrogen and oxygen atoms in total. The molecule has 0 radical (unpaired) electrons. The Morgan fingerprint density at radius 2 is 1.95 bits per heavy atom. The largest absolute Gasteiger partial charge is 0.385 e. The van der Waals surface area contributed by atoms with E-state index in [-0.39, 0.29) is 5.75 Å². The van der Waals surface area contributed by atoms with Crippen molar-refractivity contribution >= 4 is 16.0 Å². The van der Waals surface area contributed by atoms with Crippen LogP contribution in [0.5, 0.6) is 0 Å². The summed E-state index contributed by atoms with van der Waals surface area (Å²) >= 11 is 0. The van der Waals surface area contributed by atoms with Crippen molar-refractivity contribution in [3.8, 4) is 0 Å². The number of sulfonamides is 1. The van der Waals surface area contributed by atoms with Crippen LogP contribution >= 0.6 is 0 Å². The SMILES string of the molecule is CCNC(=NCCCOC)NCCNS(=O)(=O)CC. The number of nitrogens with zero attached hydrogens (tertiary/aromatic N) is 1. The van der Waals surface area contributed by atoms with Crippen molar-refractivity contribution in [2.75, 3.05) is 45.6 Å². The molecule has 0 atom stereocenters. The second-order valence-electron chi connectivity index (χ2n) is 3.83. The van der Waals surface area contributed by atoms with Crippen LogP contribution in [0.2, 0.25) is 0 Å². The van der Waals surface area contributed by atoms with Gasteiger partial charge in [0.05, 0.1) is 5.75 Å². The van der Waals surface area contributed by atoms with Gasteiger partial charge in [0.2, 0.25) is 10.0 Å². The number of hydrogen-bond donors (Lipinski definition) is 3. The summed E-state index contributed by atoms with van der Waals surface area (Å²) in [5, 5.41) is 6.16. The van der Waals surface area contributed by atoms with E-state index < -0.39 is 10.0 Å². The monoisotopic (exact) mass is 294 g/mol. The van der Waals surface area contributed by atoms with Crippen LogP contribution in [-0.4, -0.2) is 60.0 Å². The minimum Gasteiger partial charge on any atom is -0.385 e. The topological polar surface area (TPSA) is 91.8 Å². The molecule has 0 aromatic rings. The lowest BCUT2D eigenvalue weighted by Crippen LogP contribution is -2.41. The summed E-state index contributed by atoms with van der Waals surface area (Å²) < 4.78 is 29.9. The Bertz CT molecular complexity index is 344. The summed E-state index contributed by atoms with van der Waals surface area (Å²) in [5.41, 5.74) is 0. The minimum atomic E-state index is -3.12. The number of methoxy groups -OCH3 is 1. The molecule has 0 saturated heterocycles. The number of aliphatic imine (C=N–C) groups is 1. The summed E-state index contributed by atoms with van der Waals surface area (Å²) in [4.78, 5) is 4.34. The first-order valence-electron chi connectivity index (χ1n) is 6.54. The van der Waals surface area contributed by atoms with Crippen molar-refractivity contribution in [2.45, 2.75) is 20.3 Å². The maximum Gasteiger partial charge on any atom is 0.211 e. The zero-order valence-corrected chi connectivity index (χ0v) is 12.8. The van der Waals surface area contributed by atoms with Crippen LogP contribution in [0.1, 0.15) is 20.3 Å². The number of ether oxygens (including phenoxy) is 1. The number of rotatable bonds is 10. The average molecular weight is 294 g/mol. The van der Waals surface area contributed by atoms with Gasteiger partial charge in [-0.15, -0.1) is 0 Å². The third kappa shape index (κ3) is 10.7. The fourth-order valence-corrected chi connectivity index (χ4v) is 1.85. The molecular formula is C11H26N4O3S. The van der Waals surface area contributed by atoms with Crippen molar-refractivity contribution in [2.24, 2.45) is 4.99 Å². The second-order valence-corrected chi connectivity index (χ2v) is 5.93. The normalized spacial score (nSPS) is 12.5. The van der Waals surface area contributed by atoms with E-state index >= 15 is 0 Å². The van der Waals surface area contributed by atoms with Crippen LogP contribution in [-0.2, 0) is 14.8 Å². The van der Waals surface area contributed by atoms with Crippen molar-refractivity contribution < 1.29 is 13.2 Å². The molecule has 0 aromatic heterocycles. The molecule has 0 rings (SSSR count). The lowest BCUT2D eigenvalue weighted by atomic mass is 10.5. The van der Waals surface area contributed by atoms with Gasteiger partial charge in [-0.3, -0.25) is 4.99 Å². The predicted octanol–water partition coefficient (Wildman–Crippen LogP) is -0.483. The quantitative estimate of drug-likeness (QED) is 0.287. The van der Waals surface area contributed by atoms with E-state index in [2.05, 4.69) is 20.3 Å². The van der Waals surface area contributed by atoms with Gasteiger partial charge in [0, 0.05) is 39.9 Å². The maximum absolute atomic E-state index is 11.2. The van der Waals surface area contributed by atoms with Gasteiger partial charge in [0.15, 0.2) is 5.96 Å². The summed E-state index contributed by atoms with van der Waals surface area (Å²) in [6, 6.07) is 0. The molecule has 0 aliphatic heterocycles. The highest BCUT2D eigenvalue weighted by Gasteiger charge is 2.04. The standard InChI is InChI=1S/C11H26N4O3S/c1-4-12-11(13-7-6-10-18-3)14-8-9-15-19(16,17)5-2/h15H,4-10H2,1-3H3,(H2,12,13,14). The van der Waals surface area contributed by atoms with E-state index in [1.165, 1.54) is 0 Å². The first kappa shape index (κ1) is 18.1. The first-order valence-corrected chi connectivity index (χ1v) is 8.19. The van der Waals surface area contributed by atoms with Gasteiger partial charge in [-0.25, -0.2) is 13.1 Å². The van der Waals surface area contributed by atoms with Crippen molar-refractivity contribution in [1.29, 1.82) is 0 Å². The summed E-state index contributed by atoms with van der Waals surface area (Å²) in [5.74, 6) is 0.785. The zero-order chi connectivity index (χ0) is 14.6. The molecule has 19 heavy (non-hydrogen) atoms. The lowest BCUT2D eigenvalue weighted by Gasteiger charge is -2.11. The Morgan fingerprint density at radius 3 is 2.53 bits per heavy atom. The highest BCUT2D eigenvalue weighted by Crippen LogP contribution is 1.83. The Kier molecular flexibility index (Phi) is 10.5. The van der Waals surface area contributed by atoms with Gasteiger partial charge >= 0.3 is 0 Å². The lowest BCUT2D eigenvalue weighted by molar-refractivity contribution is 0.197. The molecule has 0 aromatic carbocycles. The Morgan fingerprint density at radius 1 is 1.21 bits per heavy atom. The van der Waals surface area contributed by atoms with Gasteiger partial charge in [-0.1, -0.05) is 0 Å². The Labute approximate surface area is 116 Å². The minimum absolute atomic E-state index is 0.0954. The molecule has 0 saturated carbocycles. The molecule has 0 aliphatic rings. The third-order valence-electron chi connectivity index (χ3n) is 2.24. The summed E-state index contributed by atoms with van der Waals surface area (Å²) in [6.07, 6.45) is 0.857. The Balaban J connectivity index is 3.94. The molecule has 114 valence electrons. The van der Waals surface area contributed by atoms with Crippen molar-refractivity contribution in [3.63, 3.8) is 0 Å². The molecular weight excluding hydrogens is 268 g/mol. The van der Waals surface area contributed by atoms with Gasteiger partial charge in [-0.2, -0.15) is 0 Å².